The zero-order valence-corrected chi connectivity index (χ0v) is 17.0. The van der Waals surface area contributed by atoms with Crippen LogP contribution in [0.2, 0.25) is 0 Å². The number of nitro benzene ring substituents is 1. The van der Waals surface area contributed by atoms with Gasteiger partial charge in [-0.1, -0.05) is 6.07 Å². The van der Waals surface area contributed by atoms with Gasteiger partial charge in [0.05, 0.1) is 11.0 Å². The number of rotatable bonds is 5. The molecule has 0 radical (unpaired) electrons. The Kier molecular flexibility index (Phi) is 4.91. The van der Waals surface area contributed by atoms with E-state index in [1.165, 1.54) is 12.1 Å². The van der Waals surface area contributed by atoms with Crippen molar-refractivity contribution in [1.82, 2.24) is 29.7 Å². The van der Waals surface area contributed by atoms with Crippen molar-refractivity contribution in [3.05, 3.63) is 70.5 Å². The van der Waals surface area contributed by atoms with Gasteiger partial charge in [0, 0.05) is 29.8 Å². The zero-order valence-electron chi connectivity index (χ0n) is 17.0. The van der Waals surface area contributed by atoms with Crippen LogP contribution >= 0.6 is 0 Å². The first-order valence-electron chi connectivity index (χ1n) is 10.2. The van der Waals surface area contributed by atoms with Gasteiger partial charge in [0.15, 0.2) is 5.65 Å². The van der Waals surface area contributed by atoms with E-state index in [4.69, 9.17) is 4.42 Å². The average molecular weight is 419 g/mol. The smallest absolute Gasteiger partial charge is 0.269 e. The Labute approximate surface area is 177 Å². The molecular weight excluding hydrogens is 398 g/mol. The Morgan fingerprint density at radius 2 is 1.84 bits per heavy atom. The van der Waals surface area contributed by atoms with Crippen molar-refractivity contribution in [1.29, 1.82) is 0 Å². The maximum Gasteiger partial charge on any atom is 0.269 e. The monoisotopic (exact) mass is 419 g/mol. The van der Waals surface area contributed by atoms with E-state index >= 15 is 0 Å². The summed E-state index contributed by atoms with van der Waals surface area (Å²) >= 11 is 0. The van der Waals surface area contributed by atoms with Gasteiger partial charge in [0.2, 0.25) is 11.8 Å². The lowest BCUT2D eigenvalue weighted by atomic mass is 9.95. The molecule has 0 spiro atoms. The molecule has 10 nitrogen and oxygen atoms in total. The van der Waals surface area contributed by atoms with E-state index in [0.717, 1.165) is 37.4 Å². The molecule has 1 fully saturated rings. The Hall–Kier alpha value is -3.66. The normalized spacial score (nSPS) is 16.5. The largest absolute Gasteiger partial charge is 0.419 e. The third-order valence-corrected chi connectivity index (χ3v) is 5.91. The van der Waals surface area contributed by atoms with Crippen molar-refractivity contribution in [2.45, 2.75) is 31.7 Å². The fourth-order valence-corrected chi connectivity index (χ4v) is 4.09. The van der Waals surface area contributed by atoms with Crippen molar-refractivity contribution in [2.75, 3.05) is 13.1 Å². The van der Waals surface area contributed by atoms with Crippen LogP contribution in [-0.2, 0) is 0 Å². The second-order valence-electron chi connectivity index (χ2n) is 7.72. The van der Waals surface area contributed by atoms with Crippen LogP contribution in [0.15, 0.2) is 53.1 Å². The predicted octanol–water partition coefficient (Wildman–Crippen LogP) is 3.63. The van der Waals surface area contributed by atoms with Gasteiger partial charge in [0.25, 0.3) is 5.69 Å². The molecule has 1 unspecified atom stereocenters. The van der Waals surface area contributed by atoms with E-state index in [9.17, 15) is 10.1 Å². The number of nitro groups is 1. The summed E-state index contributed by atoms with van der Waals surface area (Å²) in [5.41, 5.74) is 1.56. The Balaban J connectivity index is 1.25. The molecule has 1 saturated heterocycles. The zero-order chi connectivity index (χ0) is 21.4. The average Bonchev–Trinajstić information content (AvgIpc) is 3.47. The number of benzene rings is 1. The molecule has 0 bridgehead atoms. The summed E-state index contributed by atoms with van der Waals surface area (Å²) in [6.07, 6.45) is 3.96. The van der Waals surface area contributed by atoms with Crippen LogP contribution < -0.4 is 0 Å². The number of aromatic nitrogens is 5. The molecule has 4 heterocycles. The standard InChI is InChI=1S/C21H21N7O3/c1-14(20-24-25-21(31-20)16-5-7-17(8-6-16)28(29)30)26-12-9-15(10-13-26)19-23-22-18-4-2-3-11-27(18)19/h2-8,11,14-15H,9-10,12-13H2,1H3. The third-order valence-electron chi connectivity index (χ3n) is 5.91. The summed E-state index contributed by atoms with van der Waals surface area (Å²) in [6, 6.07) is 12.0. The van der Waals surface area contributed by atoms with Gasteiger partial charge >= 0.3 is 0 Å². The maximum atomic E-state index is 10.8. The highest BCUT2D eigenvalue weighted by molar-refractivity contribution is 5.55. The highest BCUT2D eigenvalue weighted by Crippen LogP contribution is 2.32. The van der Waals surface area contributed by atoms with Crippen LogP contribution in [0.3, 0.4) is 0 Å². The van der Waals surface area contributed by atoms with E-state index < -0.39 is 4.92 Å². The van der Waals surface area contributed by atoms with Crippen molar-refractivity contribution in [3.8, 4) is 11.5 Å². The number of piperidine rings is 1. The number of nitrogens with zero attached hydrogens (tertiary/aromatic N) is 7. The predicted molar refractivity (Wildman–Crippen MR) is 111 cm³/mol. The molecule has 1 aliphatic heterocycles. The van der Waals surface area contributed by atoms with Crippen LogP contribution in [0, 0.1) is 10.1 Å². The molecule has 1 aromatic carbocycles. The quantitative estimate of drug-likeness (QED) is 0.356. The van der Waals surface area contributed by atoms with Crippen molar-refractivity contribution in [2.24, 2.45) is 0 Å². The minimum atomic E-state index is -0.433. The molecule has 0 amide bonds. The molecule has 1 aliphatic rings. The molecule has 0 N–H and O–H groups in total. The minimum absolute atomic E-state index is 0.0182. The van der Waals surface area contributed by atoms with Gasteiger partial charge in [-0.25, -0.2) is 0 Å². The number of fused-ring (bicyclic) bond motifs is 1. The van der Waals surface area contributed by atoms with Crippen LogP contribution in [0.5, 0.6) is 0 Å². The van der Waals surface area contributed by atoms with Crippen LogP contribution in [0.1, 0.15) is 43.4 Å². The maximum absolute atomic E-state index is 10.8. The number of likely N-dealkylation sites (tertiary alicyclic amines) is 1. The lowest BCUT2D eigenvalue weighted by Crippen LogP contribution is -2.35. The summed E-state index contributed by atoms with van der Waals surface area (Å²) in [6.45, 7) is 3.84. The Morgan fingerprint density at radius 1 is 1.06 bits per heavy atom. The molecule has 4 aromatic rings. The van der Waals surface area contributed by atoms with Crippen molar-refractivity contribution < 1.29 is 9.34 Å². The molecule has 158 valence electrons. The topological polar surface area (TPSA) is 115 Å². The lowest BCUT2D eigenvalue weighted by molar-refractivity contribution is -0.384. The summed E-state index contributed by atoms with van der Waals surface area (Å²) in [4.78, 5) is 12.7. The van der Waals surface area contributed by atoms with E-state index in [-0.39, 0.29) is 11.7 Å². The Bertz CT molecular complexity index is 1210. The summed E-state index contributed by atoms with van der Waals surface area (Å²) in [7, 11) is 0. The lowest BCUT2D eigenvalue weighted by Gasteiger charge is -2.33. The molecule has 31 heavy (non-hydrogen) atoms. The second kappa shape index (κ2) is 7.88. The van der Waals surface area contributed by atoms with Gasteiger partial charge in [-0.2, -0.15) is 0 Å². The molecule has 0 aliphatic carbocycles. The van der Waals surface area contributed by atoms with Crippen LogP contribution in [-0.4, -0.2) is 47.7 Å². The third kappa shape index (κ3) is 3.66. The first-order chi connectivity index (χ1) is 15.1. The fraction of sp³-hybridized carbons (Fsp3) is 0.333. The van der Waals surface area contributed by atoms with E-state index in [2.05, 4.69) is 36.6 Å². The highest BCUT2D eigenvalue weighted by atomic mass is 16.6. The molecule has 1 atom stereocenters. The van der Waals surface area contributed by atoms with Crippen LogP contribution in [0.25, 0.3) is 17.1 Å². The van der Waals surface area contributed by atoms with Gasteiger partial charge < -0.3 is 4.42 Å². The van der Waals surface area contributed by atoms with Crippen molar-refractivity contribution >= 4 is 11.3 Å². The van der Waals surface area contributed by atoms with E-state index in [0.29, 0.717) is 23.3 Å². The number of hydrogen-bond acceptors (Lipinski definition) is 8. The van der Waals surface area contributed by atoms with E-state index in [1.807, 2.05) is 24.4 Å². The molecule has 10 heteroatoms. The van der Waals surface area contributed by atoms with Crippen molar-refractivity contribution in [3.63, 3.8) is 0 Å². The van der Waals surface area contributed by atoms with Crippen LogP contribution in [0.4, 0.5) is 5.69 Å². The summed E-state index contributed by atoms with van der Waals surface area (Å²) < 4.78 is 7.95. The summed E-state index contributed by atoms with van der Waals surface area (Å²) in [5, 5.41) is 27.9. The number of hydrogen-bond donors (Lipinski definition) is 0. The molecule has 0 saturated carbocycles. The van der Waals surface area contributed by atoms with E-state index in [1.54, 1.807) is 12.1 Å². The first kappa shape index (κ1) is 19.3. The van der Waals surface area contributed by atoms with Gasteiger partial charge in [-0.3, -0.25) is 19.4 Å². The highest BCUT2D eigenvalue weighted by Gasteiger charge is 2.29. The first-order valence-corrected chi connectivity index (χ1v) is 10.2. The van der Waals surface area contributed by atoms with Gasteiger partial charge in [0.1, 0.15) is 5.82 Å². The number of pyridine rings is 1. The fourth-order valence-electron chi connectivity index (χ4n) is 4.09. The van der Waals surface area contributed by atoms with Gasteiger partial charge in [-0.05, 0) is 57.1 Å². The Morgan fingerprint density at radius 3 is 2.58 bits per heavy atom. The molecule has 3 aromatic heterocycles. The van der Waals surface area contributed by atoms with Gasteiger partial charge in [-0.15, -0.1) is 20.4 Å². The minimum Gasteiger partial charge on any atom is -0.419 e. The number of non-ortho nitro benzene ring substituents is 1. The molecule has 5 rings (SSSR count). The second-order valence-corrected chi connectivity index (χ2v) is 7.72. The summed E-state index contributed by atoms with van der Waals surface area (Å²) in [5.74, 6) is 2.28. The molecular formula is C21H21N7O3. The SMILES string of the molecule is CC(c1nnc(-c2ccc([N+](=O)[O-])cc2)o1)N1CCC(c2nnc3ccccn23)CC1.